The highest BCUT2D eigenvalue weighted by Crippen LogP contribution is 2.25. The molecule has 0 aliphatic carbocycles. The lowest BCUT2D eigenvalue weighted by atomic mass is 10.1. The highest BCUT2D eigenvalue weighted by molar-refractivity contribution is 7.89. The molecule has 10 nitrogen and oxygen atoms in total. The molecule has 11 heteroatoms. The van der Waals surface area contributed by atoms with E-state index in [0.717, 1.165) is 32.5 Å². The highest BCUT2D eigenvalue weighted by Gasteiger charge is 2.24. The molecule has 0 amide bonds. The van der Waals surface area contributed by atoms with E-state index >= 15 is 0 Å². The van der Waals surface area contributed by atoms with Crippen LogP contribution in [0, 0.1) is 17.0 Å². The minimum atomic E-state index is -4.11. The van der Waals surface area contributed by atoms with E-state index in [1.54, 1.807) is 23.7 Å². The Balaban J connectivity index is 1.48. The van der Waals surface area contributed by atoms with Gasteiger partial charge in [0.1, 0.15) is 5.65 Å². The Morgan fingerprint density at radius 2 is 1.83 bits per heavy atom. The number of hydrazone groups is 1. The normalized spacial score (nSPS) is 11.9. The number of pyridine rings is 2. The molecule has 5 aromatic rings. The maximum atomic E-state index is 13.1. The van der Waals surface area contributed by atoms with E-state index in [4.69, 9.17) is 0 Å². The Morgan fingerprint density at radius 1 is 1.03 bits per heavy atom. The fraction of sp³-hybridized carbons (Fsp3) is 0.0800. The van der Waals surface area contributed by atoms with Gasteiger partial charge in [-0.2, -0.15) is 17.9 Å². The van der Waals surface area contributed by atoms with Crippen LogP contribution in [-0.2, 0) is 10.0 Å². The summed E-state index contributed by atoms with van der Waals surface area (Å²) in [6.45, 7) is 1.57. The first-order chi connectivity index (χ1) is 17.2. The molecule has 0 saturated carbocycles. The van der Waals surface area contributed by atoms with Crippen molar-refractivity contribution in [2.75, 3.05) is 7.05 Å². The standard InChI is InChI=1S/C25H20N6O4S/c1-17-7-9-21(31(32)33)12-24(17)36(34,35)29(2)28-15-22-14-27-25-10-8-19(16-30(22)25)20-11-18-5-3-4-6-23(18)26-13-20/h3-16H,1-2H3. The summed E-state index contributed by atoms with van der Waals surface area (Å²) in [6.07, 6.45) is 6.65. The number of imidazole rings is 1. The van der Waals surface area contributed by atoms with E-state index in [2.05, 4.69) is 21.1 Å². The van der Waals surface area contributed by atoms with Gasteiger partial charge in [0.25, 0.3) is 15.7 Å². The predicted octanol–water partition coefficient (Wildman–Crippen LogP) is 4.42. The van der Waals surface area contributed by atoms with Crippen LogP contribution in [0.1, 0.15) is 11.3 Å². The van der Waals surface area contributed by atoms with Crippen molar-refractivity contribution in [3.63, 3.8) is 0 Å². The number of benzene rings is 2. The van der Waals surface area contributed by atoms with Crippen molar-refractivity contribution in [1.82, 2.24) is 18.8 Å². The molecule has 5 rings (SSSR count). The molecule has 0 bridgehead atoms. The van der Waals surface area contributed by atoms with Crippen molar-refractivity contribution in [1.29, 1.82) is 0 Å². The molecule has 0 fully saturated rings. The molecule has 0 radical (unpaired) electrons. The summed E-state index contributed by atoms with van der Waals surface area (Å²) in [5.74, 6) is 0. The van der Waals surface area contributed by atoms with E-state index in [1.165, 1.54) is 25.4 Å². The van der Waals surface area contributed by atoms with E-state index in [1.807, 2.05) is 42.6 Å². The lowest BCUT2D eigenvalue weighted by molar-refractivity contribution is -0.385. The lowest BCUT2D eigenvalue weighted by Crippen LogP contribution is -2.23. The van der Waals surface area contributed by atoms with Gasteiger partial charge >= 0.3 is 0 Å². The number of sulfonamides is 1. The number of hydrogen-bond donors (Lipinski definition) is 0. The SMILES string of the molecule is Cc1ccc([N+](=O)[O-])cc1S(=O)(=O)N(C)N=Cc1cnc2ccc(-c3cnc4ccccc4c3)cn12. The summed E-state index contributed by atoms with van der Waals surface area (Å²) in [5.41, 5.74) is 4.02. The second-order valence-corrected chi connectivity index (χ2v) is 10.1. The third-order valence-corrected chi connectivity index (χ3v) is 7.60. The quantitative estimate of drug-likeness (QED) is 0.193. The number of non-ortho nitro benzene ring substituents is 1. The van der Waals surface area contributed by atoms with Crippen LogP contribution >= 0.6 is 0 Å². The molecule has 3 aromatic heterocycles. The predicted molar refractivity (Wildman–Crippen MR) is 136 cm³/mol. The maximum absolute atomic E-state index is 13.1. The molecule has 0 spiro atoms. The smallest absolute Gasteiger partial charge is 0.279 e. The van der Waals surface area contributed by atoms with Crippen LogP contribution < -0.4 is 0 Å². The largest absolute Gasteiger partial charge is 0.298 e. The van der Waals surface area contributed by atoms with Gasteiger partial charge in [0, 0.05) is 48.1 Å². The van der Waals surface area contributed by atoms with Crippen LogP contribution in [0.5, 0.6) is 0 Å². The minimum Gasteiger partial charge on any atom is -0.298 e. The first kappa shape index (κ1) is 23.1. The topological polar surface area (TPSA) is 123 Å². The van der Waals surface area contributed by atoms with Gasteiger partial charge in [-0.3, -0.25) is 19.5 Å². The summed E-state index contributed by atoms with van der Waals surface area (Å²) in [5, 5.41) is 16.2. The molecule has 36 heavy (non-hydrogen) atoms. The monoisotopic (exact) mass is 500 g/mol. The van der Waals surface area contributed by atoms with Crippen molar-refractivity contribution in [2.24, 2.45) is 5.10 Å². The van der Waals surface area contributed by atoms with E-state index < -0.39 is 14.9 Å². The van der Waals surface area contributed by atoms with E-state index in [-0.39, 0.29) is 10.6 Å². The zero-order chi connectivity index (χ0) is 25.4. The number of nitro benzene ring substituents is 1. The Labute approximate surface area is 206 Å². The maximum Gasteiger partial charge on any atom is 0.279 e. The van der Waals surface area contributed by atoms with Crippen molar-refractivity contribution < 1.29 is 13.3 Å². The third-order valence-electron chi connectivity index (χ3n) is 5.82. The van der Waals surface area contributed by atoms with Crippen molar-refractivity contribution in [3.05, 3.63) is 101 Å². The van der Waals surface area contributed by atoms with Crippen LogP contribution in [0.15, 0.2) is 89.3 Å². The van der Waals surface area contributed by atoms with Crippen molar-refractivity contribution in [2.45, 2.75) is 11.8 Å². The number of rotatable bonds is 6. The van der Waals surface area contributed by atoms with Crippen LogP contribution in [0.3, 0.4) is 0 Å². The second kappa shape index (κ2) is 8.86. The highest BCUT2D eigenvalue weighted by atomic mass is 32.2. The lowest BCUT2D eigenvalue weighted by Gasteiger charge is -2.15. The third kappa shape index (κ3) is 4.16. The summed E-state index contributed by atoms with van der Waals surface area (Å²) in [6, 6.07) is 17.4. The molecule has 0 unspecified atom stereocenters. The van der Waals surface area contributed by atoms with Gasteiger partial charge in [-0.05, 0) is 36.8 Å². The average Bonchev–Trinajstić information content (AvgIpc) is 3.29. The second-order valence-electron chi connectivity index (χ2n) is 8.14. The summed E-state index contributed by atoms with van der Waals surface area (Å²) in [7, 11) is -2.83. The average molecular weight is 501 g/mol. The Hall–Kier alpha value is -4.64. The molecule has 0 atom stereocenters. The molecule has 2 aromatic carbocycles. The van der Waals surface area contributed by atoms with Crippen LogP contribution in [0.2, 0.25) is 0 Å². The Bertz CT molecular complexity index is 1780. The number of nitrogens with zero attached hydrogens (tertiary/aromatic N) is 6. The molecular weight excluding hydrogens is 480 g/mol. The van der Waals surface area contributed by atoms with Gasteiger partial charge in [-0.25, -0.2) is 4.98 Å². The molecule has 0 aliphatic heterocycles. The van der Waals surface area contributed by atoms with E-state index in [0.29, 0.717) is 16.9 Å². The van der Waals surface area contributed by atoms with Gasteiger partial charge in [0.2, 0.25) is 0 Å². The van der Waals surface area contributed by atoms with Crippen molar-refractivity contribution >= 4 is 38.5 Å². The van der Waals surface area contributed by atoms with Gasteiger partial charge in [-0.1, -0.05) is 24.3 Å². The number of aromatic nitrogens is 3. The number of fused-ring (bicyclic) bond motifs is 2. The van der Waals surface area contributed by atoms with Crippen LogP contribution in [0.4, 0.5) is 5.69 Å². The van der Waals surface area contributed by atoms with Crippen LogP contribution in [0.25, 0.3) is 27.7 Å². The zero-order valence-electron chi connectivity index (χ0n) is 19.3. The van der Waals surface area contributed by atoms with Gasteiger partial charge in [-0.15, -0.1) is 0 Å². The van der Waals surface area contributed by atoms with Crippen molar-refractivity contribution in [3.8, 4) is 11.1 Å². The molecule has 3 heterocycles. The number of aryl methyl sites for hydroxylation is 1. The first-order valence-corrected chi connectivity index (χ1v) is 12.3. The van der Waals surface area contributed by atoms with E-state index in [9.17, 15) is 18.5 Å². The summed E-state index contributed by atoms with van der Waals surface area (Å²) in [4.78, 5) is 19.2. The van der Waals surface area contributed by atoms with Gasteiger partial charge < -0.3 is 0 Å². The molecule has 180 valence electrons. The zero-order valence-corrected chi connectivity index (χ0v) is 20.1. The molecule has 0 saturated heterocycles. The fourth-order valence-corrected chi connectivity index (χ4v) is 5.02. The van der Waals surface area contributed by atoms with Gasteiger partial charge in [0.05, 0.1) is 33.4 Å². The minimum absolute atomic E-state index is 0.180. The fourth-order valence-electron chi connectivity index (χ4n) is 3.82. The number of para-hydroxylation sites is 1. The molecular formula is C25H20N6O4S. The Kier molecular flexibility index (Phi) is 5.69. The number of hydrogen-bond acceptors (Lipinski definition) is 7. The van der Waals surface area contributed by atoms with Crippen LogP contribution in [-0.4, -0.2) is 45.4 Å². The molecule has 0 aliphatic rings. The first-order valence-electron chi connectivity index (χ1n) is 10.8. The number of nitro groups is 1. The Morgan fingerprint density at radius 3 is 2.64 bits per heavy atom. The summed E-state index contributed by atoms with van der Waals surface area (Å²) >= 11 is 0. The van der Waals surface area contributed by atoms with Gasteiger partial charge in [0.15, 0.2) is 0 Å². The summed E-state index contributed by atoms with van der Waals surface area (Å²) < 4.78 is 28.7. The molecule has 0 N–H and O–H groups in total.